The molecule has 0 aromatic rings. The second kappa shape index (κ2) is 4.75. The van der Waals surface area contributed by atoms with E-state index < -0.39 is 18.5 Å². The third-order valence-corrected chi connectivity index (χ3v) is 4.10. The predicted molar refractivity (Wildman–Crippen MR) is 54.0 cm³/mol. The minimum atomic E-state index is -1.27. The van der Waals surface area contributed by atoms with Crippen LogP contribution in [0, 0.1) is 11.8 Å². The molecule has 0 saturated heterocycles. The van der Waals surface area contributed by atoms with Gasteiger partial charge in [0.2, 0.25) is 0 Å². The molecule has 2 rings (SSSR count). The van der Waals surface area contributed by atoms with Crippen LogP contribution in [-0.2, 0) is 0 Å². The van der Waals surface area contributed by atoms with Gasteiger partial charge < -0.3 is 0 Å². The first kappa shape index (κ1) is 11.3. The highest BCUT2D eigenvalue weighted by Gasteiger charge is 2.35. The van der Waals surface area contributed by atoms with Crippen molar-refractivity contribution in [3.05, 3.63) is 0 Å². The van der Waals surface area contributed by atoms with Gasteiger partial charge in [-0.25, -0.2) is 13.2 Å². The Labute approximate surface area is 89.2 Å². The molecule has 2 saturated carbocycles. The molecule has 0 bridgehead atoms. The van der Waals surface area contributed by atoms with Crippen LogP contribution in [0.2, 0.25) is 0 Å². The Morgan fingerprint density at radius 3 is 1.80 bits per heavy atom. The number of rotatable bonds is 1. The number of hydrogen-bond donors (Lipinski definition) is 0. The Balaban J connectivity index is 1.84. The fourth-order valence-electron chi connectivity index (χ4n) is 3.09. The third kappa shape index (κ3) is 2.67. The molecule has 0 heterocycles. The van der Waals surface area contributed by atoms with Crippen molar-refractivity contribution in [3.63, 3.8) is 0 Å². The lowest BCUT2D eigenvalue weighted by Crippen LogP contribution is -2.33. The van der Waals surface area contributed by atoms with Crippen LogP contribution in [0.15, 0.2) is 0 Å². The first-order chi connectivity index (χ1) is 7.16. The van der Waals surface area contributed by atoms with Gasteiger partial charge >= 0.3 is 0 Å². The van der Waals surface area contributed by atoms with Crippen LogP contribution in [0.4, 0.5) is 13.2 Å². The molecule has 3 atom stereocenters. The van der Waals surface area contributed by atoms with E-state index in [4.69, 9.17) is 0 Å². The molecule has 0 aromatic carbocycles. The summed E-state index contributed by atoms with van der Waals surface area (Å²) in [5, 5.41) is 0. The van der Waals surface area contributed by atoms with Gasteiger partial charge in [0.15, 0.2) is 0 Å². The summed E-state index contributed by atoms with van der Waals surface area (Å²) in [6.07, 6.45) is 1.33. The van der Waals surface area contributed by atoms with E-state index in [1.54, 1.807) is 0 Å². The SMILES string of the molecule is FC1CCC(C2CCC(F)C(F)C2)CC1. The molecule has 15 heavy (non-hydrogen) atoms. The fourth-order valence-corrected chi connectivity index (χ4v) is 3.09. The van der Waals surface area contributed by atoms with Crippen LogP contribution in [-0.4, -0.2) is 18.5 Å². The van der Waals surface area contributed by atoms with E-state index in [0.717, 1.165) is 19.3 Å². The molecule has 0 spiro atoms. The Bertz CT molecular complexity index is 199. The van der Waals surface area contributed by atoms with Crippen molar-refractivity contribution in [2.75, 3.05) is 0 Å². The minimum absolute atomic E-state index is 0.305. The van der Waals surface area contributed by atoms with Gasteiger partial charge in [0.25, 0.3) is 0 Å². The zero-order valence-electron chi connectivity index (χ0n) is 8.97. The molecule has 0 radical (unpaired) electrons. The van der Waals surface area contributed by atoms with E-state index in [1.165, 1.54) is 0 Å². The van der Waals surface area contributed by atoms with Crippen molar-refractivity contribution in [2.24, 2.45) is 11.8 Å². The van der Waals surface area contributed by atoms with E-state index in [-0.39, 0.29) is 0 Å². The maximum absolute atomic E-state index is 13.2. The highest BCUT2D eigenvalue weighted by Crippen LogP contribution is 2.40. The van der Waals surface area contributed by atoms with Crippen LogP contribution in [0.5, 0.6) is 0 Å². The van der Waals surface area contributed by atoms with Crippen LogP contribution >= 0.6 is 0 Å². The number of alkyl halides is 3. The zero-order chi connectivity index (χ0) is 10.8. The van der Waals surface area contributed by atoms with Crippen LogP contribution in [0.1, 0.15) is 44.9 Å². The highest BCUT2D eigenvalue weighted by molar-refractivity contribution is 4.85. The fraction of sp³-hybridized carbons (Fsp3) is 1.00. The van der Waals surface area contributed by atoms with E-state index >= 15 is 0 Å². The zero-order valence-corrected chi connectivity index (χ0v) is 8.97. The Kier molecular flexibility index (Phi) is 3.57. The molecule has 3 unspecified atom stereocenters. The lowest BCUT2D eigenvalue weighted by molar-refractivity contribution is 0.0519. The molecule has 0 N–H and O–H groups in total. The predicted octanol–water partition coefficient (Wildman–Crippen LogP) is 3.99. The molecular formula is C12H19F3. The first-order valence-electron chi connectivity index (χ1n) is 6.09. The molecule has 88 valence electrons. The Morgan fingerprint density at radius 1 is 0.600 bits per heavy atom. The summed E-state index contributed by atoms with van der Waals surface area (Å²) in [6, 6.07) is 0. The topological polar surface area (TPSA) is 0 Å². The normalized spacial score (nSPS) is 47.8. The summed E-state index contributed by atoms with van der Waals surface area (Å²) in [5.74, 6) is 0.752. The van der Waals surface area contributed by atoms with Crippen molar-refractivity contribution in [1.82, 2.24) is 0 Å². The Hall–Kier alpha value is -0.210. The van der Waals surface area contributed by atoms with Crippen LogP contribution < -0.4 is 0 Å². The van der Waals surface area contributed by atoms with Gasteiger partial charge in [-0.1, -0.05) is 0 Å². The van der Waals surface area contributed by atoms with E-state index in [0.29, 0.717) is 37.5 Å². The molecule has 3 heteroatoms. The van der Waals surface area contributed by atoms with Gasteiger partial charge in [0.05, 0.1) is 0 Å². The average Bonchev–Trinajstić information content (AvgIpc) is 2.23. The van der Waals surface area contributed by atoms with E-state index in [1.807, 2.05) is 0 Å². The largest absolute Gasteiger partial charge is 0.247 e. The average molecular weight is 220 g/mol. The van der Waals surface area contributed by atoms with Gasteiger partial charge in [-0.2, -0.15) is 0 Å². The smallest absolute Gasteiger partial charge is 0.131 e. The third-order valence-electron chi connectivity index (χ3n) is 4.10. The molecule has 0 aliphatic heterocycles. The van der Waals surface area contributed by atoms with Crippen molar-refractivity contribution >= 4 is 0 Å². The maximum Gasteiger partial charge on any atom is 0.131 e. The van der Waals surface area contributed by atoms with Crippen molar-refractivity contribution in [3.8, 4) is 0 Å². The quantitative estimate of drug-likeness (QED) is 0.626. The molecular weight excluding hydrogens is 201 g/mol. The van der Waals surface area contributed by atoms with Gasteiger partial charge in [-0.05, 0) is 56.8 Å². The highest BCUT2D eigenvalue weighted by atomic mass is 19.2. The Morgan fingerprint density at radius 2 is 1.20 bits per heavy atom. The second-order valence-corrected chi connectivity index (χ2v) is 5.12. The van der Waals surface area contributed by atoms with Gasteiger partial charge in [-0.3, -0.25) is 0 Å². The summed E-state index contributed by atoms with van der Waals surface area (Å²) in [6.45, 7) is 0. The minimum Gasteiger partial charge on any atom is -0.247 e. The number of hydrogen-bond acceptors (Lipinski definition) is 0. The summed E-state index contributed by atoms with van der Waals surface area (Å²) < 4.78 is 39.1. The van der Waals surface area contributed by atoms with Crippen LogP contribution in [0.3, 0.4) is 0 Å². The van der Waals surface area contributed by atoms with Crippen LogP contribution in [0.25, 0.3) is 0 Å². The van der Waals surface area contributed by atoms with Gasteiger partial charge in [0, 0.05) is 0 Å². The van der Waals surface area contributed by atoms with E-state index in [9.17, 15) is 13.2 Å². The van der Waals surface area contributed by atoms with Gasteiger partial charge in [0.1, 0.15) is 18.5 Å². The van der Waals surface area contributed by atoms with Crippen molar-refractivity contribution in [1.29, 1.82) is 0 Å². The summed E-state index contributed by atoms with van der Waals surface area (Å²) in [5.41, 5.74) is 0. The molecule has 0 amide bonds. The summed E-state index contributed by atoms with van der Waals surface area (Å²) >= 11 is 0. The molecule has 0 nitrogen and oxygen atoms in total. The maximum atomic E-state index is 13.2. The van der Waals surface area contributed by atoms with Crippen molar-refractivity contribution in [2.45, 2.75) is 63.5 Å². The molecule has 2 fully saturated rings. The molecule has 0 aromatic heterocycles. The monoisotopic (exact) mass is 220 g/mol. The first-order valence-corrected chi connectivity index (χ1v) is 6.09. The van der Waals surface area contributed by atoms with Gasteiger partial charge in [-0.15, -0.1) is 0 Å². The lowest BCUT2D eigenvalue weighted by Gasteiger charge is -2.36. The second-order valence-electron chi connectivity index (χ2n) is 5.12. The standard InChI is InChI=1S/C12H19F3/c13-10-4-1-8(2-5-10)9-3-6-11(14)12(15)7-9/h8-12H,1-7H2. The summed E-state index contributed by atoms with van der Waals surface area (Å²) in [4.78, 5) is 0. The number of halogens is 3. The lowest BCUT2D eigenvalue weighted by atomic mass is 9.72. The molecule has 2 aliphatic carbocycles. The van der Waals surface area contributed by atoms with E-state index in [2.05, 4.69) is 0 Å². The summed E-state index contributed by atoms with van der Waals surface area (Å²) in [7, 11) is 0. The molecule has 2 aliphatic rings. The van der Waals surface area contributed by atoms with Crippen molar-refractivity contribution < 1.29 is 13.2 Å².